The van der Waals surface area contributed by atoms with Crippen molar-refractivity contribution in [3.05, 3.63) is 24.0 Å². The van der Waals surface area contributed by atoms with Crippen LogP contribution in [0.3, 0.4) is 0 Å². The van der Waals surface area contributed by atoms with Gasteiger partial charge >= 0.3 is 5.97 Å². The molecule has 0 saturated heterocycles. The van der Waals surface area contributed by atoms with Gasteiger partial charge in [0.05, 0.1) is 0 Å². The summed E-state index contributed by atoms with van der Waals surface area (Å²) in [5.74, 6) is -0.859. The van der Waals surface area contributed by atoms with Crippen molar-refractivity contribution in [3.63, 3.8) is 0 Å². The van der Waals surface area contributed by atoms with Crippen LogP contribution < -0.4 is 4.90 Å². The van der Waals surface area contributed by atoms with E-state index in [4.69, 9.17) is 10.4 Å². The molecule has 82 valence electrons. The van der Waals surface area contributed by atoms with Crippen molar-refractivity contribution >= 4 is 11.7 Å². The second-order valence-electron chi connectivity index (χ2n) is 3.76. The first-order valence-electron chi connectivity index (χ1n) is 5.05. The van der Waals surface area contributed by atoms with Crippen molar-refractivity contribution in [1.29, 1.82) is 5.26 Å². The molecule has 0 spiro atoms. The van der Waals surface area contributed by atoms with Crippen LogP contribution in [0, 0.1) is 11.3 Å². The van der Waals surface area contributed by atoms with E-state index in [1.54, 1.807) is 12.1 Å². The summed E-state index contributed by atoms with van der Waals surface area (Å²) < 4.78 is 0. The number of carboxylic acids is 1. The van der Waals surface area contributed by atoms with E-state index in [9.17, 15) is 4.79 Å². The zero-order valence-corrected chi connectivity index (χ0v) is 8.63. The number of aliphatic carboxylic acids is 1. The van der Waals surface area contributed by atoms with Gasteiger partial charge in [0, 0.05) is 17.9 Å². The Bertz CT molecular complexity index is 449. The first-order chi connectivity index (χ1) is 7.70. The van der Waals surface area contributed by atoms with Crippen LogP contribution in [0.1, 0.15) is 18.5 Å². The molecular weight excluding hydrogens is 206 g/mol. The lowest BCUT2D eigenvalue weighted by molar-refractivity contribution is -0.135. The van der Waals surface area contributed by atoms with E-state index in [0.29, 0.717) is 11.7 Å². The van der Waals surface area contributed by atoms with E-state index in [-0.39, 0.29) is 6.54 Å². The topological polar surface area (TPSA) is 77.2 Å². The monoisotopic (exact) mass is 217 g/mol. The Labute approximate surface area is 92.9 Å². The quantitative estimate of drug-likeness (QED) is 0.814. The molecule has 1 fully saturated rings. The van der Waals surface area contributed by atoms with E-state index in [1.165, 1.54) is 6.20 Å². The number of hydrogen-bond acceptors (Lipinski definition) is 4. The predicted molar refractivity (Wildman–Crippen MR) is 57.0 cm³/mol. The number of carbonyl (C=O) groups is 1. The number of hydrogen-bond donors (Lipinski definition) is 1. The Morgan fingerprint density at radius 2 is 2.44 bits per heavy atom. The zero-order chi connectivity index (χ0) is 11.5. The van der Waals surface area contributed by atoms with Crippen LogP contribution in [0.15, 0.2) is 18.3 Å². The van der Waals surface area contributed by atoms with E-state index in [0.717, 1.165) is 18.5 Å². The van der Waals surface area contributed by atoms with Gasteiger partial charge in [-0.05, 0) is 25.0 Å². The van der Waals surface area contributed by atoms with Crippen molar-refractivity contribution < 1.29 is 9.90 Å². The summed E-state index contributed by atoms with van der Waals surface area (Å²) >= 11 is 0. The van der Waals surface area contributed by atoms with Crippen molar-refractivity contribution in [2.75, 3.05) is 11.4 Å². The van der Waals surface area contributed by atoms with Crippen LogP contribution in [-0.2, 0) is 4.79 Å². The Balaban J connectivity index is 2.24. The van der Waals surface area contributed by atoms with Gasteiger partial charge in [-0.15, -0.1) is 0 Å². The fourth-order valence-corrected chi connectivity index (χ4v) is 1.62. The molecule has 0 aromatic carbocycles. The first-order valence-corrected chi connectivity index (χ1v) is 5.05. The normalized spacial score (nSPS) is 14.2. The molecule has 0 unspecified atom stereocenters. The fraction of sp³-hybridized carbons (Fsp3) is 0.364. The summed E-state index contributed by atoms with van der Waals surface area (Å²) in [5, 5.41) is 17.6. The molecular formula is C11H11N3O2. The van der Waals surface area contributed by atoms with Crippen LogP contribution in [-0.4, -0.2) is 28.6 Å². The summed E-state index contributed by atoms with van der Waals surface area (Å²) in [6, 6.07) is 5.61. The van der Waals surface area contributed by atoms with E-state index < -0.39 is 5.97 Å². The SMILES string of the molecule is N#Cc1cc(N(CC(=O)O)C2CC2)ccn1. The lowest BCUT2D eigenvalue weighted by Crippen LogP contribution is -2.31. The summed E-state index contributed by atoms with van der Waals surface area (Å²) in [5.41, 5.74) is 1.07. The van der Waals surface area contributed by atoms with Crippen LogP contribution in [0.2, 0.25) is 0 Å². The predicted octanol–water partition coefficient (Wildman–Crippen LogP) is 1.01. The fourth-order valence-electron chi connectivity index (χ4n) is 1.62. The molecule has 1 aliphatic carbocycles. The first kappa shape index (κ1) is 10.4. The third-order valence-electron chi connectivity index (χ3n) is 2.48. The molecule has 0 atom stereocenters. The van der Waals surface area contributed by atoms with Crippen molar-refractivity contribution in [1.82, 2.24) is 4.98 Å². The average molecular weight is 217 g/mol. The lowest BCUT2D eigenvalue weighted by Gasteiger charge is -2.22. The van der Waals surface area contributed by atoms with Gasteiger partial charge in [0.25, 0.3) is 0 Å². The zero-order valence-electron chi connectivity index (χ0n) is 8.63. The Hall–Kier alpha value is -2.09. The Morgan fingerprint density at radius 1 is 1.69 bits per heavy atom. The third kappa shape index (κ3) is 2.28. The summed E-state index contributed by atoms with van der Waals surface area (Å²) in [6.45, 7) is -0.0282. The Kier molecular flexibility index (Phi) is 2.73. The molecule has 5 heteroatoms. The molecule has 0 amide bonds. The van der Waals surface area contributed by atoms with Crippen LogP contribution in [0.4, 0.5) is 5.69 Å². The van der Waals surface area contributed by atoms with Gasteiger partial charge in [-0.25, -0.2) is 4.98 Å². The van der Waals surface area contributed by atoms with E-state index in [1.807, 2.05) is 11.0 Å². The highest BCUT2D eigenvalue weighted by molar-refractivity contribution is 5.74. The summed E-state index contributed by atoms with van der Waals surface area (Å²) in [4.78, 5) is 16.4. The molecule has 0 radical (unpaired) electrons. The number of pyridine rings is 1. The summed E-state index contributed by atoms with van der Waals surface area (Å²) in [7, 11) is 0. The molecule has 1 aromatic rings. The maximum absolute atomic E-state index is 10.7. The molecule has 5 nitrogen and oxygen atoms in total. The van der Waals surface area contributed by atoms with Crippen molar-refractivity contribution in [2.45, 2.75) is 18.9 Å². The number of nitrogens with zero attached hydrogens (tertiary/aromatic N) is 3. The molecule has 0 bridgehead atoms. The minimum Gasteiger partial charge on any atom is -0.480 e. The molecule has 1 aromatic heterocycles. The maximum atomic E-state index is 10.7. The number of rotatable bonds is 4. The summed E-state index contributed by atoms with van der Waals surface area (Å²) in [6.07, 6.45) is 3.56. The molecule has 1 saturated carbocycles. The van der Waals surface area contributed by atoms with Gasteiger partial charge < -0.3 is 10.0 Å². The molecule has 2 rings (SSSR count). The van der Waals surface area contributed by atoms with Crippen LogP contribution in [0.25, 0.3) is 0 Å². The number of aromatic nitrogens is 1. The minimum absolute atomic E-state index is 0.0282. The van der Waals surface area contributed by atoms with Crippen molar-refractivity contribution in [2.24, 2.45) is 0 Å². The van der Waals surface area contributed by atoms with Crippen molar-refractivity contribution in [3.8, 4) is 6.07 Å². The largest absolute Gasteiger partial charge is 0.480 e. The maximum Gasteiger partial charge on any atom is 0.323 e. The molecule has 0 aliphatic heterocycles. The highest BCUT2D eigenvalue weighted by Crippen LogP contribution is 2.31. The number of carboxylic acid groups (broad SMARTS) is 1. The highest BCUT2D eigenvalue weighted by atomic mass is 16.4. The number of anilines is 1. The molecule has 1 aliphatic rings. The van der Waals surface area contributed by atoms with Crippen LogP contribution in [0.5, 0.6) is 0 Å². The van der Waals surface area contributed by atoms with Gasteiger partial charge in [-0.3, -0.25) is 4.79 Å². The lowest BCUT2D eigenvalue weighted by atomic mass is 10.3. The van der Waals surface area contributed by atoms with E-state index >= 15 is 0 Å². The third-order valence-corrected chi connectivity index (χ3v) is 2.48. The van der Waals surface area contributed by atoms with E-state index in [2.05, 4.69) is 4.98 Å². The minimum atomic E-state index is -0.859. The second-order valence-corrected chi connectivity index (χ2v) is 3.76. The molecule has 1 heterocycles. The molecule has 16 heavy (non-hydrogen) atoms. The average Bonchev–Trinajstić information content (AvgIpc) is 3.09. The second kappa shape index (κ2) is 4.19. The smallest absolute Gasteiger partial charge is 0.323 e. The van der Waals surface area contributed by atoms with Gasteiger partial charge in [-0.2, -0.15) is 5.26 Å². The standard InChI is InChI=1S/C11H11N3O2/c12-6-8-5-10(3-4-13-8)14(7-11(15)16)9-1-2-9/h3-5,9H,1-2,7H2,(H,15,16). The molecule has 1 N–H and O–H groups in total. The van der Waals surface area contributed by atoms with Gasteiger partial charge in [0.1, 0.15) is 18.3 Å². The van der Waals surface area contributed by atoms with Gasteiger partial charge in [-0.1, -0.05) is 0 Å². The van der Waals surface area contributed by atoms with Gasteiger partial charge in [0.15, 0.2) is 0 Å². The van der Waals surface area contributed by atoms with Crippen LogP contribution >= 0.6 is 0 Å². The van der Waals surface area contributed by atoms with Gasteiger partial charge in [0.2, 0.25) is 0 Å². The highest BCUT2D eigenvalue weighted by Gasteiger charge is 2.30. The Morgan fingerprint density at radius 3 is 3.00 bits per heavy atom. The number of nitriles is 1.